The van der Waals surface area contributed by atoms with E-state index in [4.69, 9.17) is 15.2 Å². The lowest BCUT2D eigenvalue weighted by Crippen LogP contribution is -2.61. The van der Waals surface area contributed by atoms with E-state index in [2.05, 4.69) is 10.3 Å². The zero-order valence-electron chi connectivity index (χ0n) is 15.0. The Morgan fingerprint density at radius 2 is 2.28 bits per heavy atom. The number of nitrogens with zero attached hydrogens (tertiary/aromatic N) is 1. The van der Waals surface area contributed by atoms with Gasteiger partial charge in [-0.15, -0.1) is 0 Å². The molecule has 0 bridgehead atoms. The summed E-state index contributed by atoms with van der Waals surface area (Å²) in [6.07, 6.45) is 4.73. The molecule has 7 nitrogen and oxygen atoms in total. The smallest absolute Gasteiger partial charge is 0.407 e. The number of alkyl carbamates (subject to hydrolysis) is 1. The van der Waals surface area contributed by atoms with Gasteiger partial charge < -0.3 is 25.6 Å². The summed E-state index contributed by atoms with van der Waals surface area (Å²) in [7, 11) is 0. The maximum atomic E-state index is 12.2. The number of nitrogen functional groups attached to an aromatic ring is 1. The normalized spacial score (nSPS) is 32.1. The monoisotopic (exact) mass is 349 g/mol. The van der Waals surface area contributed by atoms with Crippen molar-refractivity contribution in [3.8, 4) is 0 Å². The number of hydrogen-bond acceptors (Lipinski definition) is 6. The summed E-state index contributed by atoms with van der Waals surface area (Å²) in [6.45, 7) is 5.43. The summed E-state index contributed by atoms with van der Waals surface area (Å²) in [5, 5.41) is 14.0. The number of ether oxygens (including phenoxy) is 2. The third-order valence-electron chi connectivity index (χ3n) is 4.91. The lowest BCUT2D eigenvalue weighted by Gasteiger charge is -2.45. The van der Waals surface area contributed by atoms with Crippen LogP contribution in [-0.4, -0.2) is 39.5 Å². The van der Waals surface area contributed by atoms with E-state index in [1.807, 2.05) is 26.8 Å². The van der Waals surface area contributed by atoms with E-state index >= 15 is 0 Å². The van der Waals surface area contributed by atoms with Crippen LogP contribution in [0.3, 0.4) is 0 Å². The number of carbonyl (C=O) groups excluding carboxylic acids is 1. The molecule has 1 saturated carbocycles. The highest BCUT2D eigenvalue weighted by atomic mass is 16.6. The predicted molar refractivity (Wildman–Crippen MR) is 92.8 cm³/mol. The summed E-state index contributed by atoms with van der Waals surface area (Å²) in [6, 6.07) is 1.37. The first-order chi connectivity index (χ1) is 11.7. The van der Waals surface area contributed by atoms with Gasteiger partial charge in [-0.25, -0.2) is 4.79 Å². The van der Waals surface area contributed by atoms with Crippen molar-refractivity contribution in [2.45, 2.75) is 75.9 Å². The molecule has 3 rings (SSSR count). The second-order valence-corrected chi connectivity index (χ2v) is 7.94. The number of aliphatic hydroxyl groups is 1. The molecule has 1 aliphatic heterocycles. The molecule has 0 aromatic carbocycles. The summed E-state index contributed by atoms with van der Waals surface area (Å²) in [5.41, 5.74) is 5.75. The van der Waals surface area contributed by atoms with Crippen molar-refractivity contribution in [2.24, 2.45) is 0 Å². The Kier molecular flexibility index (Phi) is 4.64. The molecule has 0 unspecified atom stereocenters. The van der Waals surface area contributed by atoms with Crippen LogP contribution in [0.4, 0.5) is 10.5 Å². The first-order valence-corrected chi connectivity index (χ1v) is 8.76. The van der Waals surface area contributed by atoms with E-state index in [0.29, 0.717) is 18.5 Å². The minimum atomic E-state index is -1.07. The molecule has 0 radical (unpaired) electrons. The molecule has 1 aromatic rings. The zero-order valence-corrected chi connectivity index (χ0v) is 15.0. The Bertz CT molecular complexity index is 645. The molecule has 2 heterocycles. The molecule has 4 atom stereocenters. The van der Waals surface area contributed by atoms with Crippen molar-refractivity contribution in [1.29, 1.82) is 0 Å². The van der Waals surface area contributed by atoms with Gasteiger partial charge in [0.05, 0.1) is 30.1 Å². The predicted octanol–water partition coefficient (Wildman–Crippen LogP) is 2.30. The van der Waals surface area contributed by atoms with Crippen LogP contribution in [0.5, 0.6) is 0 Å². The Balaban J connectivity index is 1.81. The van der Waals surface area contributed by atoms with Crippen LogP contribution >= 0.6 is 0 Å². The SMILES string of the molecule is CC(C)(C)OC(=O)N[C@@H]1C[C@H](c2ccncc2N)O[C@@H]2CCC[C@]12O. The molecule has 2 aliphatic rings. The second-order valence-electron chi connectivity index (χ2n) is 7.94. The highest BCUT2D eigenvalue weighted by molar-refractivity contribution is 5.68. The largest absolute Gasteiger partial charge is 0.444 e. The van der Waals surface area contributed by atoms with Crippen LogP contribution < -0.4 is 11.1 Å². The van der Waals surface area contributed by atoms with Crippen molar-refractivity contribution in [3.05, 3.63) is 24.0 Å². The summed E-state index contributed by atoms with van der Waals surface area (Å²) in [4.78, 5) is 16.3. The van der Waals surface area contributed by atoms with Crippen LogP contribution in [0, 0.1) is 0 Å². The number of hydrogen-bond donors (Lipinski definition) is 3. The van der Waals surface area contributed by atoms with Gasteiger partial charge in [-0.05, 0) is 46.1 Å². The summed E-state index contributed by atoms with van der Waals surface area (Å²) < 4.78 is 11.5. The molecule has 4 N–H and O–H groups in total. The van der Waals surface area contributed by atoms with Gasteiger partial charge in [0.25, 0.3) is 0 Å². The Labute approximate surface area is 147 Å². The van der Waals surface area contributed by atoms with Gasteiger partial charge in [0, 0.05) is 18.2 Å². The van der Waals surface area contributed by atoms with Gasteiger partial charge >= 0.3 is 6.09 Å². The standard InChI is InChI=1S/C18H27N3O4/c1-17(2,3)25-16(22)21-14-9-13(11-6-8-20-10-12(11)19)24-15-5-4-7-18(14,15)23/h6,8,10,13-15,23H,4-5,7,9,19H2,1-3H3,(H,21,22)/t13-,14-,15-,18+/m1/s1. The zero-order chi connectivity index (χ0) is 18.2. The van der Waals surface area contributed by atoms with Crippen molar-refractivity contribution >= 4 is 11.8 Å². The number of carbonyl (C=O) groups is 1. The van der Waals surface area contributed by atoms with Crippen LogP contribution in [0.2, 0.25) is 0 Å². The van der Waals surface area contributed by atoms with E-state index in [9.17, 15) is 9.90 Å². The van der Waals surface area contributed by atoms with E-state index in [-0.39, 0.29) is 12.2 Å². The lowest BCUT2D eigenvalue weighted by molar-refractivity contribution is -0.176. The fourth-order valence-electron chi connectivity index (χ4n) is 3.78. The van der Waals surface area contributed by atoms with Crippen molar-refractivity contribution < 1.29 is 19.4 Å². The molecular formula is C18H27N3O4. The average Bonchev–Trinajstić information content (AvgIpc) is 2.88. The third kappa shape index (κ3) is 3.72. The molecule has 138 valence electrons. The van der Waals surface area contributed by atoms with Gasteiger partial charge in [0.2, 0.25) is 0 Å². The fourth-order valence-corrected chi connectivity index (χ4v) is 3.78. The Morgan fingerprint density at radius 3 is 2.96 bits per heavy atom. The van der Waals surface area contributed by atoms with Gasteiger partial charge in [-0.1, -0.05) is 0 Å². The maximum Gasteiger partial charge on any atom is 0.407 e. The van der Waals surface area contributed by atoms with Crippen LogP contribution in [0.15, 0.2) is 18.5 Å². The van der Waals surface area contributed by atoms with Crippen LogP contribution in [0.1, 0.15) is 58.1 Å². The van der Waals surface area contributed by atoms with E-state index in [1.54, 1.807) is 12.4 Å². The summed E-state index contributed by atoms with van der Waals surface area (Å²) >= 11 is 0. The second kappa shape index (κ2) is 6.46. The first-order valence-electron chi connectivity index (χ1n) is 8.76. The molecule has 1 aromatic heterocycles. The van der Waals surface area contributed by atoms with Crippen LogP contribution in [0.25, 0.3) is 0 Å². The van der Waals surface area contributed by atoms with Gasteiger partial charge in [-0.2, -0.15) is 0 Å². The van der Waals surface area contributed by atoms with Crippen molar-refractivity contribution in [3.63, 3.8) is 0 Å². The first kappa shape index (κ1) is 17.9. The summed E-state index contributed by atoms with van der Waals surface area (Å²) in [5.74, 6) is 0. The Morgan fingerprint density at radius 1 is 1.52 bits per heavy atom. The van der Waals surface area contributed by atoms with Gasteiger partial charge in [-0.3, -0.25) is 4.98 Å². The van der Waals surface area contributed by atoms with Crippen molar-refractivity contribution in [2.75, 3.05) is 5.73 Å². The molecule has 7 heteroatoms. The minimum Gasteiger partial charge on any atom is -0.444 e. The maximum absolute atomic E-state index is 12.2. The number of rotatable bonds is 2. The lowest BCUT2D eigenvalue weighted by atomic mass is 9.82. The molecule has 2 fully saturated rings. The van der Waals surface area contributed by atoms with Crippen molar-refractivity contribution in [1.82, 2.24) is 10.3 Å². The number of amides is 1. The van der Waals surface area contributed by atoms with Gasteiger partial charge in [0.1, 0.15) is 11.2 Å². The van der Waals surface area contributed by atoms with Gasteiger partial charge in [0.15, 0.2) is 0 Å². The topological polar surface area (TPSA) is 107 Å². The average molecular weight is 349 g/mol. The quantitative estimate of drug-likeness (QED) is 0.756. The molecule has 0 spiro atoms. The number of nitrogens with two attached hydrogens (primary N) is 1. The highest BCUT2D eigenvalue weighted by Gasteiger charge is 2.54. The van der Waals surface area contributed by atoms with E-state index in [0.717, 1.165) is 18.4 Å². The van der Waals surface area contributed by atoms with E-state index < -0.39 is 23.3 Å². The third-order valence-corrected chi connectivity index (χ3v) is 4.91. The Hall–Kier alpha value is -1.86. The molecular weight excluding hydrogens is 322 g/mol. The number of fused-ring (bicyclic) bond motifs is 1. The highest BCUT2D eigenvalue weighted by Crippen LogP contribution is 2.46. The van der Waals surface area contributed by atoms with Crippen LogP contribution in [-0.2, 0) is 9.47 Å². The fraction of sp³-hybridized carbons (Fsp3) is 0.667. The number of pyridine rings is 1. The molecule has 1 saturated heterocycles. The molecule has 1 amide bonds. The molecule has 25 heavy (non-hydrogen) atoms. The van der Waals surface area contributed by atoms with E-state index in [1.165, 1.54) is 0 Å². The minimum absolute atomic E-state index is 0.300. The number of aromatic nitrogens is 1. The number of anilines is 1. The number of nitrogens with one attached hydrogen (secondary N) is 1. The molecule has 1 aliphatic carbocycles.